The highest BCUT2D eigenvalue weighted by atomic mass is 35.5. The lowest BCUT2D eigenvalue weighted by Gasteiger charge is -2.46. The summed E-state index contributed by atoms with van der Waals surface area (Å²) in [6.45, 7) is 7.45. The second-order valence-corrected chi connectivity index (χ2v) is 9.26. The Morgan fingerprint density at radius 1 is 0.939 bits per heavy atom. The molecule has 1 saturated heterocycles. The Balaban J connectivity index is 1.69. The van der Waals surface area contributed by atoms with Crippen LogP contribution >= 0.6 is 23.2 Å². The summed E-state index contributed by atoms with van der Waals surface area (Å²) >= 11 is 12.4. The fourth-order valence-corrected chi connectivity index (χ4v) is 4.83. The number of nitrogens with zero attached hydrogens (tertiary/aromatic N) is 2. The second kappa shape index (κ2) is 11.0. The molecule has 1 fully saturated rings. The van der Waals surface area contributed by atoms with Crippen LogP contribution < -0.4 is 0 Å². The van der Waals surface area contributed by atoms with Crippen molar-refractivity contribution in [2.45, 2.75) is 32.0 Å². The molecule has 0 aromatic heterocycles. The van der Waals surface area contributed by atoms with Crippen LogP contribution in [0.5, 0.6) is 0 Å². The fraction of sp³-hybridized carbons (Fsp3) is 0.250. The molecule has 0 amide bonds. The minimum Gasteiger partial charge on any atom is -0.391 e. The zero-order valence-corrected chi connectivity index (χ0v) is 20.2. The predicted octanol–water partition coefficient (Wildman–Crippen LogP) is 7.88. The van der Waals surface area contributed by atoms with Gasteiger partial charge in [0.2, 0.25) is 0 Å². The van der Waals surface area contributed by atoms with Crippen molar-refractivity contribution in [3.05, 3.63) is 118 Å². The Morgan fingerprint density at radius 2 is 1.55 bits per heavy atom. The first-order valence-corrected chi connectivity index (χ1v) is 11.9. The molecule has 1 aliphatic heterocycles. The molecule has 4 rings (SSSR count). The number of hydrogen-bond acceptors (Lipinski definition) is 3. The van der Waals surface area contributed by atoms with Crippen LogP contribution in [0.2, 0.25) is 10.0 Å². The van der Waals surface area contributed by atoms with E-state index in [1.807, 2.05) is 60.7 Å². The van der Waals surface area contributed by atoms with E-state index < -0.39 is 0 Å². The van der Waals surface area contributed by atoms with Gasteiger partial charge in [-0.05, 0) is 41.0 Å². The van der Waals surface area contributed by atoms with E-state index in [-0.39, 0.29) is 18.0 Å². The molecule has 170 valence electrons. The van der Waals surface area contributed by atoms with E-state index in [0.717, 1.165) is 34.3 Å². The van der Waals surface area contributed by atoms with Crippen LogP contribution in [0, 0.1) is 5.92 Å². The number of oxime groups is 1. The van der Waals surface area contributed by atoms with Crippen LogP contribution in [0.3, 0.4) is 0 Å². The molecule has 0 N–H and O–H groups in total. The lowest BCUT2D eigenvalue weighted by molar-refractivity contribution is 0.0941. The maximum absolute atomic E-state index is 6.19. The number of benzene rings is 3. The monoisotopic (exact) mass is 478 g/mol. The van der Waals surface area contributed by atoms with Crippen molar-refractivity contribution in [1.29, 1.82) is 0 Å². The van der Waals surface area contributed by atoms with Gasteiger partial charge in [0.25, 0.3) is 0 Å². The lowest BCUT2D eigenvalue weighted by atomic mass is 9.79. The van der Waals surface area contributed by atoms with Gasteiger partial charge in [0, 0.05) is 41.0 Å². The fourth-order valence-electron chi connectivity index (χ4n) is 4.57. The minimum absolute atomic E-state index is 0.105. The third-order valence-electron chi connectivity index (χ3n) is 6.22. The smallest absolute Gasteiger partial charge is 0.142 e. The third-order valence-corrected chi connectivity index (χ3v) is 6.73. The largest absolute Gasteiger partial charge is 0.391 e. The van der Waals surface area contributed by atoms with Crippen molar-refractivity contribution in [1.82, 2.24) is 4.90 Å². The van der Waals surface area contributed by atoms with Crippen molar-refractivity contribution in [2.24, 2.45) is 11.1 Å². The molecule has 0 saturated carbocycles. The van der Waals surface area contributed by atoms with Gasteiger partial charge in [0.1, 0.15) is 6.61 Å². The number of piperidine rings is 1. The highest BCUT2D eigenvalue weighted by Crippen LogP contribution is 2.44. The van der Waals surface area contributed by atoms with E-state index in [9.17, 15) is 0 Å². The summed E-state index contributed by atoms with van der Waals surface area (Å²) in [6, 6.07) is 26.5. The van der Waals surface area contributed by atoms with Gasteiger partial charge < -0.3 is 4.84 Å². The number of likely N-dealkylation sites (tertiary alicyclic amines) is 1. The van der Waals surface area contributed by atoms with Crippen molar-refractivity contribution in [3.63, 3.8) is 0 Å². The molecule has 3 aromatic rings. The summed E-state index contributed by atoms with van der Waals surface area (Å²) in [6.07, 6.45) is 2.74. The summed E-state index contributed by atoms with van der Waals surface area (Å²) in [5, 5.41) is 6.11. The standard InChI is InChI=1S/C28H28Cl2N2O/c1-3-17-32-27(22-9-13-24(29)14-10-22)18-26(31-33-19-21-7-5-4-6-8-21)20(2)28(32)23-11-15-25(30)16-12-23/h3-16,20,27-28H,1,17-19H2,2H3/b31-26-. The molecule has 0 bridgehead atoms. The van der Waals surface area contributed by atoms with E-state index in [0.29, 0.717) is 6.61 Å². The number of halogens is 2. The average molecular weight is 479 g/mol. The van der Waals surface area contributed by atoms with E-state index >= 15 is 0 Å². The Labute approximate surface area is 206 Å². The topological polar surface area (TPSA) is 24.8 Å². The van der Waals surface area contributed by atoms with Crippen LogP contribution in [0.15, 0.2) is 96.7 Å². The van der Waals surface area contributed by atoms with Crippen LogP contribution in [0.25, 0.3) is 0 Å². The zero-order chi connectivity index (χ0) is 23.2. The van der Waals surface area contributed by atoms with Gasteiger partial charge in [-0.2, -0.15) is 0 Å². The summed E-state index contributed by atoms with van der Waals surface area (Å²) in [5.74, 6) is 0.158. The van der Waals surface area contributed by atoms with Gasteiger partial charge in [-0.1, -0.05) is 96.0 Å². The quantitative estimate of drug-likeness (QED) is 0.254. The summed E-state index contributed by atoms with van der Waals surface area (Å²) < 4.78 is 0. The average Bonchev–Trinajstić information content (AvgIpc) is 2.83. The maximum atomic E-state index is 6.19. The molecular weight excluding hydrogens is 451 g/mol. The summed E-state index contributed by atoms with van der Waals surface area (Å²) in [5.41, 5.74) is 4.54. The molecule has 3 aromatic carbocycles. The van der Waals surface area contributed by atoms with Crippen LogP contribution in [0.1, 0.15) is 42.1 Å². The molecule has 1 heterocycles. The molecular formula is C28H28Cl2N2O. The van der Waals surface area contributed by atoms with E-state index in [1.165, 1.54) is 11.1 Å². The molecule has 0 aliphatic carbocycles. The molecule has 3 atom stereocenters. The van der Waals surface area contributed by atoms with Crippen molar-refractivity contribution in [2.75, 3.05) is 6.54 Å². The zero-order valence-electron chi connectivity index (χ0n) is 18.7. The van der Waals surface area contributed by atoms with E-state index in [1.54, 1.807) is 0 Å². The summed E-state index contributed by atoms with van der Waals surface area (Å²) in [4.78, 5) is 8.32. The molecule has 0 spiro atoms. The Hall–Kier alpha value is -2.59. The molecule has 3 unspecified atom stereocenters. The Kier molecular flexibility index (Phi) is 7.87. The third kappa shape index (κ3) is 5.67. The van der Waals surface area contributed by atoms with Gasteiger partial charge in [-0.15, -0.1) is 6.58 Å². The van der Waals surface area contributed by atoms with Crippen LogP contribution in [0.4, 0.5) is 0 Å². The van der Waals surface area contributed by atoms with Gasteiger partial charge in [-0.3, -0.25) is 4.90 Å². The van der Waals surface area contributed by atoms with Crippen molar-refractivity contribution >= 4 is 28.9 Å². The minimum atomic E-state index is 0.105. The molecule has 5 heteroatoms. The molecule has 0 radical (unpaired) electrons. The Morgan fingerprint density at radius 3 is 2.15 bits per heavy atom. The highest BCUT2D eigenvalue weighted by Gasteiger charge is 2.40. The summed E-state index contributed by atoms with van der Waals surface area (Å²) in [7, 11) is 0. The predicted molar refractivity (Wildman–Crippen MR) is 138 cm³/mol. The molecule has 33 heavy (non-hydrogen) atoms. The first-order valence-electron chi connectivity index (χ1n) is 11.2. The van der Waals surface area contributed by atoms with Gasteiger partial charge in [0.05, 0.1) is 5.71 Å². The van der Waals surface area contributed by atoms with Crippen LogP contribution in [-0.2, 0) is 11.4 Å². The van der Waals surface area contributed by atoms with Crippen molar-refractivity contribution < 1.29 is 4.84 Å². The lowest BCUT2D eigenvalue weighted by Crippen LogP contribution is -2.44. The first-order chi connectivity index (χ1) is 16.1. The molecule has 1 aliphatic rings. The Bertz CT molecular complexity index is 1080. The van der Waals surface area contributed by atoms with Gasteiger partial charge in [0.15, 0.2) is 0 Å². The molecule has 3 nitrogen and oxygen atoms in total. The second-order valence-electron chi connectivity index (χ2n) is 8.38. The number of rotatable bonds is 7. The van der Waals surface area contributed by atoms with E-state index in [4.69, 9.17) is 28.0 Å². The van der Waals surface area contributed by atoms with Gasteiger partial charge >= 0.3 is 0 Å². The van der Waals surface area contributed by atoms with Gasteiger partial charge in [-0.25, -0.2) is 0 Å². The normalized spacial score (nSPS) is 22.3. The first kappa shape index (κ1) is 23.6. The van der Waals surface area contributed by atoms with E-state index in [2.05, 4.69) is 47.8 Å². The maximum Gasteiger partial charge on any atom is 0.142 e. The van der Waals surface area contributed by atoms with Crippen LogP contribution in [-0.4, -0.2) is 17.2 Å². The van der Waals surface area contributed by atoms with Crippen molar-refractivity contribution in [3.8, 4) is 0 Å². The SMILES string of the molecule is C=CCN1C(c2ccc(Cl)cc2)C/C(=N/OCc2ccccc2)C(C)C1c1ccc(Cl)cc1. The number of hydrogen-bond donors (Lipinski definition) is 0. The highest BCUT2D eigenvalue weighted by molar-refractivity contribution is 6.30.